The molecule has 0 spiro atoms. The average molecular weight is 257 g/mol. The number of rotatable bonds is 3. The van der Waals surface area contributed by atoms with Gasteiger partial charge >= 0.3 is 0 Å². The smallest absolute Gasteiger partial charge is 0.178 e. The first kappa shape index (κ1) is 12.3. The zero-order valence-corrected chi connectivity index (χ0v) is 10.6. The minimum Gasteiger partial charge on any atom is -0.331 e. The van der Waals surface area contributed by atoms with Crippen LogP contribution in [0.5, 0.6) is 0 Å². The first-order chi connectivity index (χ1) is 8.66. The van der Waals surface area contributed by atoms with Gasteiger partial charge in [-0.1, -0.05) is 18.3 Å². The van der Waals surface area contributed by atoms with Crippen LogP contribution in [0.3, 0.4) is 0 Å². The molecule has 18 heavy (non-hydrogen) atoms. The lowest BCUT2D eigenvalue weighted by atomic mass is 10.2. The van der Waals surface area contributed by atoms with Crippen LogP contribution < -0.4 is 5.32 Å². The number of anilines is 1. The van der Waals surface area contributed by atoms with E-state index in [0.29, 0.717) is 16.5 Å². The Bertz CT molecular complexity index is 567. The van der Waals surface area contributed by atoms with Crippen molar-refractivity contribution in [3.05, 3.63) is 54.0 Å². The molecule has 0 aliphatic carbocycles. The van der Waals surface area contributed by atoms with Gasteiger partial charge in [0.05, 0.1) is 0 Å². The normalized spacial score (nSPS) is 9.83. The van der Waals surface area contributed by atoms with E-state index in [9.17, 15) is 4.79 Å². The molecule has 90 valence electrons. The van der Waals surface area contributed by atoms with E-state index < -0.39 is 0 Å². The minimum absolute atomic E-state index is 0.0647. The zero-order chi connectivity index (χ0) is 13.0. The zero-order valence-electron chi connectivity index (χ0n) is 9.75. The molecule has 0 amide bonds. The first-order valence-electron chi connectivity index (χ1n) is 5.36. The summed E-state index contributed by atoms with van der Waals surface area (Å²) in [5.74, 6) is 0.614. The first-order valence-corrected chi connectivity index (χ1v) is 5.77. The van der Waals surface area contributed by atoms with E-state index in [1.165, 1.54) is 6.92 Å². The highest BCUT2D eigenvalue weighted by Gasteiger charge is 2.05. The summed E-state index contributed by atoms with van der Waals surface area (Å²) < 4.78 is 0. The predicted molar refractivity (Wildman–Crippen MR) is 73.8 cm³/mol. The average Bonchev–Trinajstić information content (AvgIpc) is 2.40. The van der Waals surface area contributed by atoms with Crippen LogP contribution in [0.25, 0.3) is 0 Å². The van der Waals surface area contributed by atoms with E-state index in [1.54, 1.807) is 24.5 Å². The quantitative estimate of drug-likeness (QED) is 0.676. The number of pyridine rings is 2. The van der Waals surface area contributed by atoms with Crippen molar-refractivity contribution in [2.24, 2.45) is 0 Å². The van der Waals surface area contributed by atoms with Crippen molar-refractivity contribution in [1.82, 2.24) is 9.97 Å². The highest BCUT2D eigenvalue weighted by atomic mass is 32.1. The minimum atomic E-state index is -0.0647. The molecule has 0 radical (unpaired) electrons. The summed E-state index contributed by atoms with van der Waals surface area (Å²) in [7, 11) is 0. The standard InChI is InChI=1S/C13H11N3OS/c1-9(17)11-6-5-10(8-15-11)13(18)16-12-4-2-3-7-14-12/h2-8H,1H3,(H,14,16,18). The molecule has 0 aromatic carbocycles. The Morgan fingerprint density at radius 2 is 2.06 bits per heavy atom. The molecule has 4 nitrogen and oxygen atoms in total. The number of Topliss-reactive ketones (excluding diaryl/α,β-unsaturated/α-hetero) is 1. The predicted octanol–water partition coefficient (Wildman–Crippen LogP) is 2.47. The maximum absolute atomic E-state index is 11.1. The number of nitrogens with one attached hydrogen (secondary N) is 1. The Balaban J connectivity index is 2.12. The number of carbonyl (C=O) groups is 1. The molecule has 0 fully saturated rings. The molecule has 0 unspecified atom stereocenters. The van der Waals surface area contributed by atoms with E-state index in [0.717, 1.165) is 5.56 Å². The van der Waals surface area contributed by atoms with Gasteiger partial charge in [0, 0.05) is 24.9 Å². The van der Waals surface area contributed by atoms with Crippen LogP contribution in [0.2, 0.25) is 0 Å². The molecule has 0 aliphatic rings. The van der Waals surface area contributed by atoms with Gasteiger partial charge in [0.15, 0.2) is 5.78 Å². The van der Waals surface area contributed by atoms with Crippen LogP contribution in [-0.2, 0) is 0 Å². The molecule has 0 saturated heterocycles. The van der Waals surface area contributed by atoms with Gasteiger partial charge in [0.25, 0.3) is 0 Å². The topological polar surface area (TPSA) is 54.9 Å². The number of hydrogen-bond acceptors (Lipinski definition) is 4. The number of hydrogen-bond donors (Lipinski definition) is 1. The highest BCUT2D eigenvalue weighted by molar-refractivity contribution is 7.81. The van der Waals surface area contributed by atoms with Gasteiger partial charge in [-0.15, -0.1) is 0 Å². The second-order valence-electron chi connectivity index (χ2n) is 3.66. The molecule has 5 heteroatoms. The number of ketones is 1. The molecule has 0 atom stereocenters. The SMILES string of the molecule is CC(=O)c1ccc(C(=S)Nc2ccccn2)cn1. The van der Waals surface area contributed by atoms with Crippen LogP contribution in [-0.4, -0.2) is 20.7 Å². The Kier molecular flexibility index (Phi) is 3.74. The van der Waals surface area contributed by atoms with Gasteiger partial charge in [-0.2, -0.15) is 0 Å². The fraction of sp³-hybridized carbons (Fsp3) is 0.0769. The molecule has 2 aromatic heterocycles. The van der Waals surface area contributed by atoms with Crippen LogP contribution >= 0.6 is 12.2 Å². The van der Waals surface area contributed by atoms with Crippen molar-refractivity contribution in [2.45, 2.75) is 6.92 Å². The third kappa shape index (κ3) is 2.95. The van der Waals surface area contributed by atoms with Gasteiger partial charge in [0.1, 0.15) is 16.5 Å². The van der Waals surface area contributed by atoms with E-state index >= 15 is 0 Å². The molecule has 2 heterocycles. The van der Waals surface area contributed by atoms with Crippen LogP contribution in [0.4, 0.5) is 5.82 Å². The molecule has 0 bridgehead atoms. The summed E-state index contributed by atoms with van der Waals surface area (Å²) in [5.41, 5.74) is 1.18. The molecule has 0 aliphatic heterocycles. The van der Waals surface area contributed by atoms with Crippen molar-refractivity contribution in [1.29, 1.82) is 0 Å². The second-order valence-corrected chi connectivity index (χ2v) is 4.07. The molecule has 2 rings (SSSR count). The lowest BCUT2D eigenvalue weighted by Crippen LogP contribution is -2.12. The summed E-state index contributed by atoms with van der Waals surface area (Å²) in [6.45, 7) is 1.48. The summed E-state index contributed by atoms with van der Waals surface area (Å²) in [5, 5.41) is 3.00. The molecule has 0 saturated carbocycles. The maximum Gasteiger partial charge on any atom is 0.178 e. The third-order valence-electron chi connectivity index (χ3n) is 2.29. The molecule has 2 aromatic rings. The van der Waals surface area contributed by atoms with Crippen molar-refractivity contribution in [3.8, 4) is 0 Å². The van der Waals surface area contributed by atoms with Crippen molar-refractivity contribution in [3.63, 3.8) is 0 Å². The van der Waals surface area contributed by atoms with Gasteiger partial charge in [0.2, 0.25) is 0 Å². The number of nitrogens with zero attached hydrogens (tertiary/aromatic N) is 2. The molecule has 1 N–H and O–H groups in total. The lowest BCUT2D eigenvalue weighted by molar-refractivity contribution is 0.101. The maximum atomic E-state index is 11.1. The summed E-state index contributed by atoms with van der Waals surface area (Å²) in [6.07, 6.45) is 3.26. The van der Waals surface area contributed by atoms with Crippen LogP contribution in [0.15, 0.2) is 42.7 Å². The van der Waals surface area contributed by atoms with E-state index in [4.69, 9.17) is 12.2 Å². The number of aromatic nitrogens is 2. The monoisotopic (exact) mass is 257 g/mol. The second kappa shape index (κ2) is 5.46. The number of carbonyl (C=O) groups excluding carboxylic acids is 1. The van der Waals surface area contributed by atoms with Crippen LogP contribution in [0.1, 0.15) is 23.0 Å². The lowest BCUT2D eigenvalue weighted by Gasteiger charge is -2.06. The van der Waals surface area contributed by atoms with Crippen molar-refractivity contribution < 1.29 is 4.79 Å². The van der Waals surface area contributed by atoms with Crippen molar-refractivity contribution >= 4 is 28.8 Å². The highest BCUT2D eigenvalue weighted by Crippen LogP contribution is 2.07. The molecular formula is C13H11N3OS. The summed E-state index contributed by atoms with van der Waals surface area (Å²) in [4.78, 5) is 19.8. The Labute approximate surface area is 110 Å². The Morgan fingerprint density at radius 3 is 2.61 bits per heavy atom. The van der Waals surface area contributed by atoms with Crippen molar-refractivity contribution in [2.75, 3.05) is 5.32 Å². The Morgan fingerprint density at radius 1 is 1.22 bits per heavy atom. The Hall–Kier alpha value is -2.14. The summed E-state index contributed by atoms with van der Waals surface area (Å²) in [6, 6.07) is 8.95. The molecular weight excluding hydrogens is 246 g/mol. The third-order valence-corrected chi connectivity index (χ3v) is 2.63. The fourth-order valence-corrected chi connectivity index (χ4v) is 1.59. The number of thiocarbonyl (C=S) groups is 1. The fourth-order valence-electron chi connectivity index (χ4n) is 1.36. The summed E-state index contributed by atoms with van der Waals surface area (Å²) >= 11 is 5.24. The van der Waals surface area contributed by atoms with Gasteiger partial charge in [-0.05, 0) is 24.3 Å². The van der Waals surface area contributed by atoms with E-state index in [1.807, 2.05) is 18.2 Å². The largest absolute Gasteiger partial charge is 0.331 e. The van der Waals surface area contributed by atoms with Gasteiger partial charge in [-0.25, -0.2) is 4.98 Å². The van der Waals surface area contributed by atoms with E-state index in [-0.39, 0.29) is 5.78 Å². The van der Waals surface area contributed by atoms with Gasteiger partial charge < -0.3 is 5.32 Å². The van der Waals surface area contributed by atoms with E-state index in [2.05, 4.69) is 15.3 Å². The van der Waals surface area contributed by atoms with Crippen LogP contribution in [0, 0.1) is 0 Å². The van der Waals surface area contributed by atoms with Gasteiger partial charge in [-0.3, -0.25) is 9.78 Å².